The Morgan fingerprint density at radius 2 is 2.00 bits per heavy atom. The van der Waals surface area contributed by atoms with Crippen molar-refractivity contribution < 1.29 is 18.7 Å². The van der Waals surface area contributed by atoms with Gasteiger partial charge < -0.3 is 14.8 Å². The van der Waals surface area contributed by atoms with Crippen molar-refractivity contribution in [1.29, 1.82) is 0 Å². The molecule has 2 aromatic rings. The van der Waals surface area contributed by atoms with Gasteiger partial charge >= 0.3 is 0 Å². The van der Waals surface area contributed by atoms with Crippen LogP contribution in [0.3, 0.4) is 0 Å². The number of aryl methyl sites for hydroxylation is 1. The number of nitrogens with one attached hydrogen (secondary N) is 1. The summed E-state index contributed by atoms with van der Waals surface area (Å²) in [5.74, 6) is -0.716. The Morgan fingerprint density at radius 3 is 2.64 bits per heavy atom. The zero-order valence-corrected chi connectivity index (χ0v) is 14.2. The van der Waals surface area contributed by atoms with Crippen LogP contribution in [0.1, 0.15) is 34.6 Å². The van der Waals surface area contributed by atoms with Crippen molar-refractivity contribution in [1.82, 2.24) is 15.5 Å². The van der Waals surface area contributed by atoms with Gasteiger partial charge in [0.2, 0.25) is 0 Å². The molecule has 1 aliphatic heterocycles. The lowest BCUT2D eigenvalue weighted by Crippen LogP contribution is -2.50. The van der Waals surface area contributed by atoms with Crippen LogP contribution in [-0.2, 0) is 10.3 Å². The van der Waals surface area contributed by atoms with Crippen molar-refractivity contribution in [2.45, 2.75) is 25.3 Å². The average molecular weight is 345 g/mol. The van der Waals surface area contributed by atoms with Crippen molar-refractivity contribution in [3.8, 4) is 5.75 Å². The van der Waals surface area contributed by atoms with Crippen molar-refractivity contribution in [3.05, 3.63) is 53.1 Å². The third-order valence-electron chi connectivity index (χ3n) is 4.43. The second-order valence-corrected chi connectivity index (χ2v) is 6.03. The molecule has 0 bridgehead atoms. The fraction of sp³-hybridized carbons (Fsp3) is 0.389. The summed E-state index contributed by atoms with van der Waals surface area (Å²) in [6.07, 6.45) is 0.921. The van der Waals surface area contributed by atoms with Crippen LogP contribution >= 0.6 is 0 Å². The van der Waals surface area contributed by atoms with Crippen LogP contribution in [0, 0.1) is 12.7 Å². The number of hydrogen-bond acceptors (Lipinski definition) is 5. The highest BCUT2D eigenvalue weighted by atomic mass is 19.1. The summed E-state index contributed by atoms with van der Waals surface area (Å²) in [5, 5.41) is 10.8. The Balaban J connectivity index is 1.97. The SMILES string of the molecule is COc1cccc(C2(NC(=O)c3ccc(C)nn3)CCOCC2)c1F. The van der Waals surface area contributed by atoms with E-state index in [9.17, 15) is 9.18 Å². The maximum absolute atomic E-state index is 14.9. The molecule has 7 heteroatoms. The van der Waals surface area contributed by atoms with Gasteiger partial charge in [-0.1, -0.05) is 12.1 Å². The highest BCUT2D eigenvalue weighted by Gasteiger charge is 2.39. The Hall–Kier alpha value is -2.54. The summed E-state index contributed by atoms with van der Waals surface area (Å²) >= 11 is 0. The molecule has 6 nitrogen and oxygen atoms in total. The largest absolute Gasteiger partial charge is 0.494 e. The van der Waals surface area contributed by atoms with Gasteiger partial charge in [-0.3, -0.25) is 4.79 Å². The number of aromatic nitrogens is 2. The molecule has 25 heavy (non-hydrogen) atoms. The predicted molar refractivity (Wildman–Crippen MR) is 88.9 cm³/mol. The van der Waals surface area contributed by atoms with Gasteiger partial charge in [-0.15, -0.1) is 5.10 Å². The highest BCUT2D eigenvalue weighted by molar-refractivity contribution is 5.92. The smallest absolute Gasteiger partial charge is 0.272 e. The summed E-state index contributed by atoms with van der Waals surface area (Å²) in [4.78, 5) is 12.7. The molecule has 1 aromatic heterocycles. The molecular formula is C18H20FN3O3. The first-order valence-corrected chi connectivity index (χ1v) is 8.09. The van der Waals surface area contributed by atoms with Crippen LogP contribution in [0.4, 0.5) is 4.39 Å². The van der Waals surface area contributed by atoms with Gasteiger partial charge in [0.05, 0.1) is 18.3 Å². The normalized spacial score (nSPS) is 16.3. The number of methoxy groups -OCH3 is 1. The van der Waals surface area contributed by atoms with Crippen LogP contribution in [0.25, 0.3) is 0 Å². The number of hydrogen-bond donors (Lipinski definition) is 1. The van der Waals surface area contributed by atoms with E-state index in [0.29, 0.717) is 31.6 Å². The van der Waals surface area contributed by atoms with Gasteiger partial charge in [0.1, 0.15) is 0 Å². The third-order valence-corrected chi connectivity index (χ3v) is 4.43. The van der Waals surface area contributed by atoms with Crippen molar-refractivity contribution >= 4 is 5.91 Å². The van der Waals surface area contributed by atoms with Crippen LogP contribution in [0.5, 0.6) is 5.75 Å². The lowest BCUT2D eigenvalue weighted by molar-refractivity contribution is 0.0330. The number of amides is 1. The standard InChI is InChI=1S/C18H20FN3O3/c1-12-6-7-14(22-21-12)17(23)20-18(8-10-25-11-9-18)13-4-3-5-15(24-2)16(13)19/h3-7H,8-11H2,1-2H3,(H,20,23). The summed E-state index contributed by atoms with van der Waals surface area (Å²) < 4.78 is 25.4. The minimum Gasteiger partial charge on any atom is -0.494 e. The summed E-state index contributed by atoms with van der Waals surface area (Å²) in [7, 11) is 1.42. The van der Waals surface area contributed by atoms with Gasteiger partial charge in [0, 0.05) is 18.8 Å². The fourth-order valence-electron chi connectivity index (χ4n) is 3.02. The Bertz CT molecular complexity index is 759. The van der Waals surface area contributed by atoms with E-state index in [0.717, 1.165) is 5.69 Å². The first kappa shape index (κ1) is 17.3. The second kappa shape index (κ2) is 7.14. The van der Waals surface area contributed by atoms with E-state index in [1.807, 2.05) is 0 Å². The maximum atomic E-state index is 14.9. The van der Waals surface area contributed by atoms with E-state index in [1.54, 1.807) is 37.3 Å². The Morgan fingerprint density at radius 1 is 1.24 bits per heavy atom. The predicted octanol–water partition coefficient (Wildman–Crippen LogP) is 2.37. The third kappa shape index (κ3) is 3.46. The summed E-state index contributed by atoms with van der Waals surface area (Å²) in [6.45, 7) is 2.65. The van der Waals surface area contributed by atoms with Gasteiger partial charge in [-0.2, -0.15) is 5.10 Å². The van der Waals surface area contributed by atoms with Crippen molar-refractivity contribution in [2.24, 2.45) is 0 Å². The maximum Gasteiger partial charge on any atom is 0.272 e. The van der Waals surface area contributed by atoms with Crippen LogP contribution in [0.15, 0.2) is 30.3 Å². The van der Waals surface area contributed by atoms with Crippen molar-refractivity contribution in [3.63, 3.8) is 0 Å². The molecule has 0 unspecified atom stereocenters. The second-order valence-electron chi connectivity index (χ2n) is 6.03. The molecule has 132 valence electrons. The molecule has 1 aliphatic rings. The van der Waals surface area contributed by atoms with Gasteiger partial charge in [-0.25, -0.2) is 4.39 Å². The molecule has 1 fully saturated rings. The lowest BCUT2D eigenvalue weighted by Gasteiger charge is -2.38. The first-order chi connectivity index (χ1) is 12.1. The summed E-state index contributed by atoms with van der Waals surface area (Å²) in [5.41, 5.74) is 0.431. The number of carbonyl (C=O) groups excluding carboxylic acids is 1. The number of carbonyl (C=O) groups is 1. The molecule has 0 spiro atoms. The van der Waals surface area contributed by atoms with Crippen LogP contribution in [0.2, 0.25) is 0 Å². The number of benzene rings is 1. The van der Waals surface area contributed by atoms with Crippen LogP contribution in [-0.4, -0.2) is 36.4 Å². The average Bonchev–Trinajstić information content (AvgIpc) is 2.63. The van der Waals surface area contributed by atoms with Crippen LogP contribution < -0.4 is 10.1 Å². The lowest BCUT2D eigenvalue weighted by atomic mass is 9.82. The van der Waals surface area contributed by atoms with E-state index >= 15 is 0 Å². The summed E-state index contributed by atoms with van der Waals surface area (Å²) in [6, 6.07) is 8.26. The van der Waals surface area contributed by atoms with Gasteiger partial charge in [0.25, 0.3) is 5.91 Å². The van der Waals surface area contributed by atoms with Crippen molar-refractivity contribution in [2.75, 3.05) is 20.3 Å². The molecule has 0 radical (unpaired) electrons. The highest BCUT2D eigenvalue weighted by Crippen LogP contribution is 2.36. The zero-order chi connectivity index (χ0) is 17.9. The molecule has 1 saturated heterocycles. The minimum atomic E-state index is -0.874. The molecule has 1 aromatic carbocycles. The Kier molecular flexibility index (Phi) is 4.94. The number of ether oxygens (including phenoxy) is 2. The quantitative estimate of drug-likeness (QED) is 0.921. The zero-order valence-electron chi connectivity index (χ0n) is 14.2. The fourth-order valence-corrected chi connectivity index (χ4v) is 3.02. The number of halogens is 1. The van der Waals surface area contributed by atoms with E-state index in [4.69, 9.17) is 9.47 Å². The monoisotopic (exact) mass is 345 g/mol. The molecule has 0 atom stereocenters. The number of nitrogens with zero attached hydrogens (tertiary/aromatic N) is 2. The van der Waals surface area contributed by atoms with E-state index in [1.165, 1.54) is 7.11 Å². The molecular weight excluding hydrogens is 325 g/mol. The van der Waals surface area contributed by atoms with E-state index in [2.05, 4.69) is 15.5 Å². The first-order valence-electron chi connectivity index (χ1n) is 8.09. The molecule has 0 saturated carbocycles. The van der Waals surface area contributed by atoms with E-state index in [-0.39, 0.29) is 11.4 Å². The molecule has 2 heterocycles. The van der Waals surface area contributed by atoms with E-state index < -0.39 is 17.3 Å². The molecule has 1 N–H and O–H groups in total. The molecule has 3 rings (SSSR count). The van der Waals surface area contributed by atoms with Gasteiger partial charge in [-0.05, 0) is 38.0 Å². The molecule has 1 amide bonds. The minimum absolute atomic E-state index is 0.146. The van der Waals surface area contributed by atoms with Gasteiger partial charge in [0.15, 0.2) is 17.3 Å². The Labute approximate surface area is 145 Å². The number of rotatable bonds is 4. The molecule has 0 aliphatic carbocycles. The topological polar surface area (TPSA) is 73.3 Å².